The molecule has 14 heavy (non-hydrogen) atoms. The SMILES string of the molecule is CC1NCCC1N(C)C(C)C(C)(C)C. The zero-order chi connectivity index (χ0) is 10.9. The molecule has 84 valence electrons. The second-order valence-corrected chi connectivity index (χ2v) is 5.81. The predicted octanol–water partition coefficient (Wildman–Crippen LogP) is 2.10. The van der Waals surface area contributed by atoms with Crippen molar-refractivity contribution in [3.8, 4) is 0 Å². The van der Waals surface area contributed by atoms with Crippen molar-refractivity contribution in [1.29, 1.82) is 0 Å². The molecule has 0 aliphatic carbocycles. The van der Waals surface area contributed by atoms with Crippen LogP contribution in [0.25, 0.3) is 0 Å². The Labute approximate surface area is 89.1 Å². The lowest BCUT2D eigenvalue weighted by atomic mass is 9.86. The first-order valence-electron chi connectivity index (χ1n) is 5.79. The number of hydrogen-bond donors (Lipinski definition) is 1. The molecule has 1 aliphatic rings. The molecule has 2 heteroatoms. The topological polar surface area (TPSA) is 15.3 Å². The number of rotatable bonds is 2. The standard InChI is InChI=1S/C12H26N2/c1-9-11(7-8-13-9)14(6)10(2)12(3,4)5/h9-11,13H,7-8H2,1-6H3. The molecular weight excluding hydrogens is 172 g/mol. The van der Waals surface area contributed by atoms with Crippen LogP contribution in [-0.4, -0.2) is 36.6 Å². The van der Waals surface area contributed by atoms with Crippen LogP contribution in [0.15, 0.2) is 0 Å². The quantitative estimate of drug-likeness (QED) is 0.731. The Bertz CT molecular complexity index is 181. The fourth-order valence-corrected chi connectivity index (χ4v) is 2.30. The van der Waals surface area contributed by atoms with Crippen LogP contribution in [-0.2, 0) is 0 Å². The zero-order valence-corrected chi connectivity index (χ0v) is 10.6. The van der Waals surface area contributed by atoms with E-state index in [1.165, 1.54) is 13.0 Å². The summed E-state index contributed by atoms with van der Waals surface area (Å²) in [6.07, 6.45) is 1.29. The van der Waals surface area contributed by atoms with Crippen LogP contribution < -0.4 is 5.32 Å². The summed E-state index contributed by atoms with van der Waals surface area (Å²) in [5.74, 6) is 0. The summed E-state index contributed by atoms with van der Waals surface area (Å²) < 4.78 is 0. The third-order valence-corrected chi connectivity index (χ3v) is 3.87. The van der Waals surface area contributed by atoms with Gasteiger partial charge in [-0.05, 0) is 39.3 Å². The van der Waals surface area contributed by atoms with Gasteiger partial charge in [0.25, 0.3) is 0 Å². The summed E-state index contributed by atoms with van der Waals surface area (Å²) in [7, 11) is 2.27. The highest BCUT2D eigenvalue weighted by Crippen LogP contribution is 2.27. The highest BCUT2D eigenvalue weighted by Gasteiger charge is 2.33. The van der Waals surface area contributed by atoms with E-state index < -0.39 is 0 Å². The van der Waals surface area contributed by atoms with E-state index in [-0.39, 0.29) is 0 Å². The Hall–Kier alpha value is -0.0800. The summed E-state index contributed by atoms with van der Waals surface area (Å²) in [6.45, 7) is 12.8. The maximum absolute atomic E-state index is 3.52. The lowest BCUT2D eigenvalue weighted by molar-refractivity contribution is 0.0930. The van der Waals surface area contributed by atoms with Gasteiger partial charge in [0.05, 0.1) is 0 Å². The van der Waals surface area contributed by atoms with E-state index in [0.717, 1.165) is 0 Å². The first-order valence-corrected chi connectivity index (χ1v) is 5.79. The van der Waals surface area contributed by atoms with Gasteiger partial charge in [-0.15, -0.1) is 0 Å². The Morgan fingerprint density at radius 2 is 1.93 bits per heavy atom. The molecule has 0 radical (unpaired) electrons. The fraction of sp³-hybridized carbons (Fsp3) is 1.00. The maximum Gasteiger partial charge on any atom is 0.0258 e. The summed E-state index contributed by atoms with van der Waals surface area (Å²) in [5, 5.41) is 3.52. The van der Waals surface area contributed by atoms with Crippen molar-refractivity contribution in [2.24, 2.45) is 5.41 Å². The lowest BCUT2D eigenvalue weighted by Gasteiger charge is -2.40. The molecule has 0 aromatic rings. The summed E-state index contributed by atoms with van der Waals surface area (Å²) in [5.41, 5.74) is 0.372. The Balaban J connectivity index is 2.60. The van der Waals surface area contributed by atoms with Crippen LogP contribution in [0.2, 0.25) is 0 Å². The van der Waals surface area contributed by atoms with Crippen molar-refractivity contribution in [3.05, 3.63) is 0 Å². The molecular formula is C12H26N2. The van der Waals surface area contributed by atoms with Gasteiger partial charge in [-0.3, -0.25) is 4.90 Å². The van der Waals surface area contributed by atoms with Crippen molar-refractivity contribution in [2.75, 3.05) is 13.6 Å². The van der Waals surface area contributed by atoms with Gasteiger partial charge in [0.2, 0.25) is 0 Å². The first kappa shape index (κ1) is 12.0. The first-order chi connectivity index (χ1) is 6.34. The molecule has 1 fully saturated rings. The normalized spacial score (nSPS) is 31.1. The molecule has 0 amide bonds. The third kappa shape index (κ3) is 2.48. The van der Waals surface area contributed by atoms with Crippen molar-refractivity contribution in [2.45, 2.75) is 59.2 Å². The second-order valence-electron chi connectivity index (χ2n) is 5.81. The Morgan fingerprint density at radius 3 is 2.29 bits per heavy atom. The molecule has 1 heterocycles. The molecule has 1 aliphatic heterocycles. The number of nitrogens with zero attached hydrogens (tertiary/aromatic N) is 1. The zero-order valence-electron chi connectivity index (χ0n) is 10.6. The smallest absolute Gasteiger partial charge is 0.0258 e. The highest BCUT2D eigenvalue weighted by molar-refractivity contribution is 4.91. The molecule has 2 nitrogen and oxygen atoms in total. The van der Waals surface area contributed by atoms with Crippen molar-refractivity contribution < 1.29 is 0 Å². The van der Waals surface area contributed by atoms with Crippen LogP contribution in [0.4, 0.5) is 0 Å². The highest BCUT2D eigenvalue weighted by atomic mass is 15.2. The molecule has 0 spiro atoms. The summed E-state index contributed by atoms with van der Waals surface area (Å²) >= 11 is 0. The van der Waals surface area contributed by atoms with Gasteiger partial charge in [-0.2, -0.15) is 0 Å². The van der Waals surface area contributed by atoms with Crippen LogP contribution >= 0.6 is 0 Å². The predicted molar refractivity (Wildman–Crippen MR) is 62.5 cm³/mol. The summed E-state index contributed by atoms with van der Waals surface area (Å²) in [6, 6.07) is 1.99. The van der Waals surface area contributed by atoms with Gasteiger partial charge < -0.3 is 5.32 Å². The van der Waals surface area contributed by atoms with Gasteiger partial charge in [0, 0.05) is 18.1 Å². The van der Waals surface area contributed by atoms with Gasteiger partial charge in [-0.1, -0.05) is 20.8 Å². The molecule has 0 aromatic heterocycles. The van der Waals surface area contributed by atoms with Crippen molar-refractivity contribution >= 4 is 0 Å². The molecule has 1 rings (SSSR count). The number of nitrogens with one attached hydrogen (secondary N) is 1. The molecule has 1 N–H and O–H groups in total. The molecule has 3 atom stereocenters. The van der Waals surface area contributed by atoms with Crippen LogP contribution in [0.1, 0.15) is 41.0 Å². The minimum Gasteiger partial charge on any atom is -0.313 e. The fourth-order valence-electron chi connectivity index (χ4n) is 2.30. The minimum atomic E-state index is 0.372. The van der Waals surface area contributed by atoms with E-state index in [9.17, 15) is 0 Å². The van der Waals surface area contributed by atoms with Gasteiger partial charge in [-0.25, -0.2) is 0 Å². The molecule has 1 saturated heterocycles. The van der Waals surface area contributed by atoms with Gasteiger partial charge in [0.1, 0.15) is 0 Å². The third-order valence-electron chi connectivity index (χ3n) is 3.87. The van der Waals surface area contributed by atoms with Gasteiger partial charge >= 0.3 is 0 Å². The second kappa shape index (κ2) is 4.19. The Morgan fingerprint density at radius 1 is 1.36 bits per heavy atom. The van der Waals surface area contributed by atoms with E-state index in [1.807, 2.05) is 0 Å². The Kier molecular flexibility index (Phi) is 3.59. The van der Waals surface area contributed by atoms with Crippen molar-refractivity contribution in [1.82, 2.24) is 10.2 Å². The van der Waals surface area contributed by atoms with Gasteiger partial charge in [0.15, 0.2) is 0 Å². The maximum atomic E-state index is 3.52. The number of likely N-dealkylation sites (N-methyl/N-ethyl adjacent to an activating group) is 1. The van der Waals surface area contributed by atoms with E-state index >= 15 is 0 Å². The van der Waals surface area contributed by atoms with E-state index in [2.05, 4.69) is 51.9 Å². The molecule has 0 bridgehead atoms. The molecule has 3 unspecified atom stereocenters. The van der Waals surface area contributed by atoms with Crippen LogP contribution in [0.3, 0.4) is 0 Å². The molecule has 0 aromatic carbocycles. The van der Waals surface area contributed by atoms with E-state index in [0.29, 0.717) is 23.5 Å². The minimum absolute atomic E-state index is 0.372. The van der Waals surface area contributed by atoms with E-state index in [1.54, 1.807) is 0 Å². The molecule has 0 saturated carbocycles. The van der Waals surface area contributed by atoms with Crippen LogP contribution in [0.5, 0.6) is 0 Å². The summed E-state index contributed by atoms with van der Waals surface area (Å²) in [4.78, 5) is 2.55. The average Bonchev–Trinajstić information content (AvgIpc) is 2.47. The lowest BCUT2D eigenvalue weighted by Crippen LogP contribution is -2.49. The van der Waals surface area contributed by atoms with Crippen LogP contribution in [0, 0.1) is 5.41 Å². The van der Waals surface area contributed by atoms with Crippen molar-refractivity contribution in [3.63, 3.8) is 0 Å². The van der Waals surface area contributed by atoms with E-state index in [4.69, 9.17) is 0 Å². The average molecular weight is 198 g/mol. The monoisotopic (exact) mass is 198 g/mol. The number of hydrogen-bond acceptors (Lipinski definition) is 2. The largest absolute Gasteiger partial charge is 0.313 e.